The average Bonchev–Trinajstić information content (AvgIpc) is 2.25. The molecule has 0 spiro atoms. The van der Waals surface area contributed by atoms with Crippen LogP contribution in [0.3, 0.4) is 0 Å². The van der Waals surface area contributed by atoms with Gasteiger partial charge in [0.25, 0.3) is 0 Å². The Balaban J connectivity index is 3.73. The van der Waals surface area contributed by atoms with Gasteiger partial charge in [-0.1, -0.05) is 25.8 Å². The van der Waals surface area contributed by atoms with E-state index in [-0.39, 0.29) is 18.2 Å². The Bertz CT molecular complexity index is 251. The minimum Gasteiger partial charge on any atom is -0.355 e. The van der Waals surface area contributed by atoms with Crippen molar-refractivity contribution < 1.29 is 9.59 Å². The van der Waals surface area contributed by atoms with E-state index in [2.05, 4.69) is 24.9 Å². The van der Waals surface area contributed by atoms with Crippen LogP contribution < -0.4 is 5.32 Å². The van der Waals surface area contributed by atoms with E-state index in [1.54, 1.807) is 6.08 Å². The topological polar surface area (TPSA) is 46.2 Å². The summed E-state index contributed by atoms with van der Waals surface area (Å²) in [4.78, 5) is 22.1. The zero-order valence-corrected chi connectivity index (χ0v) is 10.9. The van der Waals surface area contributed by atoms with Crippen molar-refractivity contribution in [2.45, 2.75) is 44.8 Å². The minimum absolute atomic E-state index is 0.0476. The predicted molar refractivity (Wildman–Crippen MR) is 69.7 cm³/mol. The molecule has 0 aliphatic rings. The molecule has 0 bridgehead atoms. The van der Waals surface area contributed by atoms with Crippen LogP contribution in [0.25, 0.3) is 0 Å². The van der Waals surface area contributed by atoms with Crippen molar-refractivity contribution in [1.29, 1.82) is 0 Å². The van der Waals surface area contributed by atoms with Crippen molar-refractivity contribution in [2.75, 3.05) is 6.54 Å². The summed E-state index contributed by atoms with van der Waals surface area (Å²) >= 11 is 4.13. The monoisotopic (exact) mass is 243 g/mol. The van der Waals surface area contributed by atoms with Gasteiger partial charge in [-0.2, -0.15) is 12.6 Å². The molecule has 0 aliphatic heterocycles. The van der Waals surface area contributed by atoms with Gasteiger partial charge in [-0.25, -0.2) is 0 Å². The zero-order chi connectivity index (χ0) is 12.4. The number of unbranched alkanes of at least 4 members (excludes halogenated alkanes) is 3. The molecule has 0 saturated carbocycles. The van der Waals surface area contributed by atoms with Crippen LogP contribution in [0.4, 0.5) is 0 Å². The van der Waals surface area contributed by atoms with Crippen molar-refractivity contribution in [1.82, 2.24) is 5.32 Å². The standard InChI is InChI=1S/C12H21NO2S/c1-3-4-5-6-7-8-11(15)12(16)9-13-10(2)14/h7-8,12,16H,3-6,9H2,1-2H3,(H,13,14)/b8-7-. The van der Waals surface area contributed by atoms with Crippen LogP contribution in [0.5, 0.6) is 0 Å². The fourth-order valence-electron chi connectivity index (χ4n) is 1.16. The minimum atomic E-state index is -0.439. The molecule has 4 heteroatoms. The number of hydrogen-bond acceptors (Lipinski definition) is 3. The molecule has 0 aromatic heterocycles. The maximum atomic E-state index is 11.5. The van der Waals surface area contributed by atoms with Gasteiger partial charge < -0.3 is 5.32 Å². The molecule has 1 atom stereocenters. The van der Waals surface area contributed by atoms with Gasteiger partial charge >= 0.3 is 0 Å². The number of ketones is 1. The smallest absolute Gasteiger partial charge is 0.216 e. The number of nitrogens with one attached hydrogen (secondary N) is 1. The highest BCUT2D eigenvalue weighted by Crippen LogP contribution is 2.02. The van der Waals surface area contributed by atoms with E-state index in [4.69, 9.17) is 0 Å². The predicted octanol–water partition coefficient (Wildman–Crippen LogP) is 2.13. The number of amides is 1. The summed E-state index contributed by atoms with van der Waals surface area (Å²) in [6, 6.07) is 0. The first-order chi connectivity index (χ1) is 7.57. The Labute approximate surface area is 103 Å². The molecule has 0 rings (SSSR count). The van der Waals surface area contributed by atoms with Gasteiger partial charge in [-0.3, -0.25) is 9.59 Å². The second-order valence-electron chi connectivity index (χ2n) is 3.75. The fraction of sp³-hybridized carbons (Fsp3) is 0.667. The molecule has 0 heterocycles. The Morgan fingerprint density at radius 1 is 1.38 bits per heavy atom. The van der Waals surface area contributed by atoms with E-state index in [0.717, 1.165) is 12.8 Å². The Morgan fingerprint density at radius 2 is 2.06 bits per heavy atom. The summed E-state index contributed by atoms with van der Waals surface area (Å²) in [5.74, 6) is -0.188. The third kappa shape index (κ3) is 8.53. The summed E-state index contributed by atoms with van der Waals surface area (Å²) < 4.78 is 0. The molecule has 0 aromatic carbocycles. The van der Waals surface area contributed by atoms with Crippen LogP contribution in [-0.2, 0) is 9.59 Å². The van der Waals surface area contributed by atoms with Gasteiger partial charge in [0.2, 0.25) is 5.91 Å². The fourth-order valence-corrected chi connectivity index (χ4v) is 1.34. The highest BCUT2D eigenvalue weighted by Gasteiger charge is 2.10. The van der Waals surface area contributed by atoms with Crippen molar-refractivity contribution >= 4 is 24.3 Å². The number of allylic oxidation sites excluding steroid dienone is 2. The molecular weight excluding hydrogens is 222 g/mol. The van der Waals surface area contributed by atoms with Crippen molar-refractivity contribution in [2.24, 2.45) is 0 Å². The summed E-state index contributed by atoms with van der Waals surface area (Å²) in [6.07, 6.45) is 7.86. The van der Waals surface area contributed by atoms with Crippen LogP contribution in [-0.4, -0.2) is 23.5 Å². The van der Waals surface area contributed by atoms with Crippen LogP contribution in [0.15, 0.2) is 12.2 Å². The van der Waals surface area contributed by atoms with Gasteiger partial charge in [0, 0.05) is 13.5 Å². The van der Waals surface area contributed by atoms with E-state index in [9.17, 15) is 9.59 Å². The van der Waals surface area contributed by atoms with Crippen molar-refractivity contribution in [3.05, 3.63) is 12.2 Å². The van der Waals surface area contributed by atoms with Crippen LogP contribution >= 0.6 is 12.6 Å². The summed E-state index contributed by atoms with van der Waals surface area (Å²) in [5, 5.41) is 2.13. The normalized spacial score (nSPS) is 12.7. The quantitative estimate of drug-likeness (QED) is 0.390. The Kier molecular flexibility index (Phi) is 9.00. The highest BCUT2D eigenvalue weighted by atomic mass is 32.1. The molecule has 1 N–H and O–H groups in total. The molecule has 1 unspecified atom stereocenters. The lowest BCUT2D eigenvalue weighted by Gasteiger charge is -2.06. The number of carbonyl (C=O) groups is 2. The molecular formula is C12H21NO2S. The molecule has 0 radical (unpaired) electrons. The van der Waals surface area contributed by atoms with Gasteiger partial charge in [0.1, 0.15) is 0 Å². The van der Waals surface area contributed by atoms with E-state index in [0.29, 0.717) is 0 Å². The Morgan fingerprint density at radius 3 is 2.62 bits per heavy atom. The number of hydrogen-bond donors (Lipinski definition) is 2. The molecule has 0 saturated heterocycles. The molecule has 3 nitrogen and oxygen atoms in total. The maximum Gasteiger partial charge on any atom is 0.216 e. The number of rotatable bonds is 8. The van der Waals surface area contributed by atoms with Crippen molar-refractivity contribution in [3.63, 3.8) is 0 Å². The second kappa shape index (κ2) is 9.46. The molecule has 16 heavy (non-hydrogen) atoms. The lowest BCUT2D eigenvalue weighted by Crippen LogP contribution is -2.31. The molecule has 92 valence electrons. The van der Waals surface area contributed by atoms with Gasteiger partial charge in [0.05, 0.1) is 5.25 Å². The van der Waals surface area contributed by atoms with Crippen LogP contribution in [0.1, 0.15) is 39.5 Å². The lowest BCUT2D eigenvalue weighted by molar-refractivity contribution is -0.119. The van der Waals surface area contributed by atoms with E-state index >= 15 is 0 Å². The second-order valence-corrected chi connectivity index (χ2v) is 4.38. The number of thiol groups is 1. The zero-order valence-electron chi connectivity index (χ0n) is 10.0. The van der Waals surface area contributed by atoms with Gasteiger partial charge in [-0.15, -0.1) is 0 Å². The molecule has 0 aliphatic carbocycles. The molecule has 0 aromatic rings. The summed E-state index contributed by atoms with van der Waals surface area (Å²) in [6.45, 7) is 3.86. The van der Waals surface area contributed by atoms with Crippen molar-refractivity contribution in [3.8, 4) is 0 Å². The average molecular weight is 243 g/mol. The summed E-state index contributed by atoms with van der Waals surface area (Å²) in [7, 11) is 0. The maximum absolute atomic E-state index is 11.5. The van der Waals surface area contributed by atoms with Gasteiger partial charge in [-0.05, 0) is 18.9 Å². The largest absolute Gasteiger partial charge is 0.355 e. The van der Waals surface area contributed by atoms with E-state index in [1.165, 1.54) is 19.8 Å². The molecule has 1 amide bonds. The third-order valence-corrected chi connectivity index (χ3v) is 2.57. The first-order valence-corrected chi connectivity index (χ1v) is 6.22. The lowest BCUT2D eigenvalue weighted by atomic mass is 10.1. The summed E-state index contributed by atoms with van der Waals surface area (Å²) in [5.41, 5.74) is 0. The SMILES string of the molecule is CCCCC/C=C\C(=O)C(S)CNC(C)=O. The first-order valence-electron chi connectivity index (χ1n) is 5.70. The Hall–Kier alpha value is -0.770. The van der Waals surface area contributed by atoms with Crippen LogP contribution in [0.2, 0.25) is 0 Å². The highest BCUT2D eigenvalue weighted by molar-refractivity contribution is 7.81. The third-order valence-electron chi connectivity index (χ3n) is 2.13. The molecule has 0 fully saturated rings. The van der Waals surface area contributed by atoms with E-state index < -0.39 is 5.25 Å². The first kappa shape index (κ1) is 15.2. The number of carbonyl (C=O) groups excluding carboxylic acids is 2. The van der Waals surface area contributed by atoms with Gasteiger partial charge in [0.15, 0.2) is 5.78 Å². The van der Waals surface area contributed by atoms with E-state index in [1.807, 2.05) is 6.08 Å². The van der Waals surface area contributed by atoms with Crippen LogP contribution in [0, 0.1) is 0 Å².